The van der Waals surface area contributed by atoms with Gasteiger partial charge < -0.3 is 15.4 Å². The summed E-state index contributed by atoms with van der Waals surface area (Å²) in [6.07, 6.45) is 0.807. The molecular formula is C18H28N2O3. The van der Waals surface area contributed by atoms with E-state index in [-0.39, 0.29) is 11.0 Å². The minimum Gasteiger partial charge on any atom is -0.467 e. The number of hydrogen-bond donors (Lipinski definition) is 2. The van der Waals surface area contributed by atoms with Crippen molar-refractivity contribution < 1.29 is 14.3 Å². The minimum atomic E-state index is -0.827. The predicted octanol–water partition coefficient (Wildman–Crippen LogP) is 3.41. The van der Waals surface area contributed by atoms with Crippen molar-refractivity contribution in [2.45, 2.75) is 52.6 Å². The first-order valence-electron chi connectivity index (χ1n) is 7.75. The van der Waals surface area contributed by atoms with Crippen molar-refractivity contribution in [2.24, 2.45) is 5.41 Å². The fourth-order valence-electron chi connectivity index (χ4n) is 2.89. The summed E-state index contributed by atoms with van der Waals surface area (Å²) in [5.41, 5.74) is 0.376. The van der Waals surface area contributed by atoms with Crippen LogP contribution in [0.1, 0.15) is 52.6 Å². The molecule has 0 heterocycles. The molecule has 0 bridgehead atoms. The van der Waals surface area contributed by atoms with Gasteiger partial charge in [0.1, 0.15) is 0 Å². The minimum absolute atomic E-state index is 0.0813. The fraction of sp³-hybridized carbons (Fsp3) is 0.556. The Morgan fingerprint density at radius 2 is 1.65 bits per heavy atom. The molecule has 2 amide bonds. The second kappa shape index (κ2) is 7.49. The number of amides is 2. The lowest BCUT2D eigenvalue weighted by Crippen LogP contribution is -2.51. The van der Waals surface area contributed by atoms with Gasteiger partial charge in [0.25, 0.3) is 0 Å². The number of carbonyl (C=O) groups is 2. The molecule has 128 valence electrons. The van der Waals surface area contributed by atoms with Gasteiger partial charge in [-0.25, -0.2) is 9.59 Å². The number of rotatable bonds is 5. The third kappa shape index (κ3) is 6.72. The largest absolute Gasteiger partial charge is 0.467 e. The number of benzene rings is 1. The van der Waals surface area contributed by atoms with E-state index in [2.05, 4.69) is 31.4 Å². The number of methoxy groups -OCH3 is 1. The molecule has 0 spiro atoms. The van der Waals surface area contributed by atoms with Crippen LogP contribution in [0.15, 0.2) is 30.3 Å². The molecule has 0 aliphatic rings. The van der Waals surface area contributed by atoms with Crippen molar-refractivity contribution in [1.82, 2.24) is 10.6 Å². The highest BCUT2D eigenvalue weighted by Crippen LogP contribution is 2.26. The molecule has 0 fully saturated rings. The van der Waals surface area contributed by atoms with E-state index < -0.39 is 18.0 Å². The Labute approximate surface area is 138 Å². The Morgan fingerprint density at radius 3 is 2.13 bits per heavy atom. The molecule has 2 N–H and O–H groups in total. The topological polar surface area (TPSA) is 67.4 Å². The summed E-state index contributed by atoms with van der Waals surface area (Å²) < 4.78 is 4.80. The van der Waals surface area contributed by atoms with Gasteiger partial charge in [-0.2, -0.15) is 0 Å². The average molecular weight is 320 g/mol. The zero-order valence-corrected chi connectivity index (χ0v) is 14.9. The third-order valence-electron chi connectivity index (χ3n) is 3.27. The van der Waals surface area contributed by atoms with Crippen molar-refractivity contribution in [2.75, 3.05) is 7.11 Å². The van der Waals surface area contributed by atoms with E-state index >= 15 is 0 Å². The number of esters is 1. The maximum Gasteiger partial charge on any atom is 0.333 e. The van der Waals surface area contributed by atoms with Gasteiger partial charge >= 0.3 is 12.0 Å². The van der Waals surface area contributed by atoms with E-state index in [4.69, 9.17) is 4.74 Å². The van der Waals surface area contributed by atoms with Crippen LogP contribution in [0, 0.1) is 5.41 Å². The van der Waals surface area contributed by atoms with Crippen LogP contribution in [0.4, 0.5) is 4.79 Å². The summed E-state index contributed by atoms with van der Waals surface area (Å²) in [6, 6.07) is 7.82. The maximum absolute atomic E-state index is 12.3. The smallest absolute Gasteiger partial charge is 0.333 e. The molecule has 1 unspecified atom stereocenters. The zero-order chi connectivity index (χ0) is 17.7. The number of urea groups is 1. The summed E-state index contributed by atoms with van der Waals surface area (Å²) in [7, 11) is 1.31. The van der Waals surface area contributed by atoms with Crippen molar-refractivity contribution in [3.8, 4) is 0 Å². The Bertz CT molecular complexity index is 533. The van der Waals surface area contributed by atoms with Gasteiger partial charge in [-0.3, -0.25) is 0 Å². The van der Waals surface area contributed by atoms with Gasteiger partial charge in [0.2, 0.25) is 0 Å². The van der Waals surface area contributed by atoms with Crippen LogP contribution in [-0.4, -0.2) is 24.6 Å². The molecule has 5 heteroatoms. The second-order valence-electron chi connectivity index (χ2n) is 7.59. The predicted molar refractivity (Wildman–Crippen MR) is 91.0 cm³/mol. The highest BCUT2D eigenvalue weighted by atomic mass is 16.5. The number of hydrogen-bond acceptors (Lipinski definition) is 3. The third-order valence-corrected chi connectivity index (χ3v) is 3.27. The Kier molecular flexibility index (Phi) is 6.19. The van der Waals surface area contributed by atoms with Gasteiger partial charge in [0.15, 0.2) is 6.04 Å². The van der Waals surface area contributed by atoms with Crippen LogP contribution in [0.5, 0.6) is 0 Å². The van der Waals surface area contributed by atoms with Crippen LogP contribution in [0.3, 0.4) is 0 Å². The van der Waals surface area contributed by atoms with Gasteiger partial charge in [-0.05, 0) is 31.2 Å². The molecule has 0 saturated carbocycles. The number of carbonyl (C=O) groups excluding carboxylic acids is 2. The molecule has 1 rings (SSSR count). The average Bonchev–Trinajstić information content (AvgIpc) is 2.41. The molecule has 0 aromatic heterocycles. The standard InChI is InChI=1S/C18H28N2O3/c1-17(2,3)12-18(4,5)20-16(22)19-14(15(21)23-6)13-10-8-7-9-11-13/h7-11,14H,12H2,1-6H3,(H2,19,20,22). The number of nitrogens with one attached hydrogen (secondary N) is 2. The van der Waals surface area contributed by atoms with E-state index in [1.54, 1.807) is 12.1 Å². The lowest BCUT2D eigenvalue weighted by atomic mass is 9.82. The van der Waals surface area contributed by atoms with Gasteiger partial charge in [0, 0.05) is 5.54 Å². The van der Waals surface area contributed by atoms with Gasteiger partial charge in [-0.15, -0.1) is 0 Å². The normalized spacial score (nSPS) is 13.1. The van der Waals surface area contributed by atoms with Gasteiger partial charge in [-0.1, -0.05) is 51.1 Å². The van der Waals surface area contributed by atoms with Crippen molar-refractivity contribution in [3.63, 3.8) is 0 Å². The zero-order valence-electron chi connectivity index (χ0n) is 14.9. The Hall–Kier alpha value is -2.04. The van der Waals surface area contributed by atoms with E-state index in [0.717, 1.165) is 6.42 Å². The van der Waals surface area contributed by atoms with Crippen LogP contribution >= 0.6 is 0 Å². The fourth-order valence-corrected chi connectivity index (χ4v) is 2.89. The molecule has 1 atom stereocenters. The quantitative estimate of drug-likeness (QED) is 0.817. The summed E-state index contributed by atoms with van der Waals surface area (Å²) in [4.78, 5) is 24.3. The SMILES string of the molecule is COC(=O)C(NC(=O)NC(C)(C)CC(C)(C)C)c1ccccc1. The summed E-state index contributed by atoms with van der Waals surface area (Å²) in [5, 5.41) is 5.64. The van der Waals surface area contributed by atoms with E-state index in [1.165, 1.54) is 7.11 Å². The monoisotopic (exact) mass is 320 g/mol. The molecule has 0 aliphatic heterocycles. The van der Waals surface area contributed by atoms with Crippen molar-refractivity contribution in [1.29, 1.82) is 0 Å². The number of ether oxygens (including phenoxy) is 1. The lowest BCUT2D eigenvalue weighted by molar-refractivity contribution is -0.143. The Morgan fingerprint density at radius 1 is 1.09 bits per heavy atom. The molecule has 1 aromatic carbocycles. The van der Waals surface area contributed by atoms with E-state index in [0.29, 0.717) is 5.56 Å². The van der Waals surface area contributed by atoms with Gasteiger partial charge in [0.05, 0.1) is 7.11 Å². The molecule has 1 aromatic rings. The van der Waals surface area contributed by atoms with Crippen LogP contribution in [0.2, 0.25) is 0 Å². The highest BCUT2D eigenvalue weighted by Gasteiger charge is 2.29. The van der Waals surface area contributed by atoms with E-state index in [9.17, 15) is 9.59 Å². The van der Waals surface area contributed by atoms with Crippen molar-refractivity contribution >= 4 is 12.0 Å². The maximum atomic E-state index is 12.3. The molecule has 5 nitrogen and oxygen atoms in total. The van der Waals surface area contributed by atoms with Crippen LogP contribution in [0.25, 0.3) is 0 Å². The summed E-state index contributed by atoms with van der Waals surface area (Å²) >= 11 is 0. The van der Waals surface area contributed by atoms with E-state index in [1.807, 2.05) is 32.0 Å². The molecule has 0 radical (unpaired) electrons. The Balaban J connectivity index is 2.81. The highest BCUT2D eigenvalue weighted by molar-refractivity contribution is 5.84. The first kappa shape index (κ1) is 19.0. The van der Waals surface area contributed by atoms with Crippen LogP contribution in [-0.2, 0) is 9.53 Å². The first-order chi connectivity index (χ1) is 10.5. The van der Waals surface area contributed by atoms with Crippen LogP contribution < -0.4 is 10.6 Å². The molecule has 23 heavy (non-hydrogen) atoms. The summed E-state index contributed by atoms with van der Waals surface area (Å²) in [6.45, 7) is 10.3. The lowest BCUT2D eigenvalue weighted by Gasteiger charge is -2.33. The summed E-state index contributed by atoms with van der Waals surface area (Å²) in [5.74, 6) is -0.500. The molecular weight excluding hydrogens is 292 g/mol. The first-order valence-corrected chi connectivity index (χ1v) is 7.75. The van der Waals surface area contributed by atoms with Crippen molar-refractivity contribution in [3.05, 3.63) is 35.9 Å². The second-order valence-corrected chi connectivity index (χ2v) is 7.59. The molecule has 0 aliphatic carbocycles. The molecule has 0 saturated heterocycles.